The fourth-order valence-corrected chi connectivity index (χ4v) is 5.76. The van der Waals surface area contributed by atoms with E-state index in [1.54, 1.807) is 0 Å². The fraction of sp³-hybridized carbons (Fsp3) is 0.462. The van der Waals surface area contributed by atoms with Crippen molar-refractivity contribution in [3.8, 4) is 0 Å². The summed E-state index contributed by atoms with van der Waals surface area (Å²) in [5, 5.41) is 6.91. The van der Waals surface area contributed by atoms with Crippen LogP contribution in [0.2, 0.25) is 0 Å². The topological polar surface area (TPSA) is 41.4 Å². The van der Waals surface area contributed by atoms with Gasteiger partial charge in [0.25, 0.3) is 5.91 Å². The molecular weight excluding hydrogens is 384 g/mol. The molecular formula is C26H30N4O. The summed E-state index contributed by atoms with van der Waals surface area (Å²) >= 11 is 0. The Hall–Kier alpha value is -2.66. The molecule has 6 rings (SSSR count). The van der Waals surface area contributed by atoms with Crippen molar-refractivity contribution < 1.29 is 4.79 Å². The quantitative estimate of drug-likeness (QED) is 0.588. The summed E-state index contributed by atoms with van der Waals surface area (Å²) in [5.74, 6) is 1.01. The van der Waals surface area contributed by atoms with E-state index in [4.69, 9.17) is 5.10 Å². The summed E-state index contributed by atoms with van der Waals surface area (Å²) in [5.41, 5.74) is 2.93. The van der Waals surface area contributed by atoms with Gasteiger partial charge in [-0.2, -0.15) is 5.10 Å². The van der Waals surface area contributed by atoms with Crippen LogP contribution in [0.1, 0.15) is 61.0 Å². The first-order valence-corrected chi connectivity index (χ1v) is 11.8. The Morgan fingerprint density at radius 2 is 1.84 bits per heavy atom. The smallest absolute Gasteiger partial charge is 0.259 e. The molecule has 2 aliphatic heterocycles. The van der Waals surface area contributed by atoms with Gasteiger partial charge in [-0.1, -0.05) is 30.7 Å². The predicted molar refractivity (Wildman–Crippen MR) is 123 cm³/mol. The van der Waals surface area contributed by atoms with Gasteiger partial charge in [-0.05, 0) is 56.0 Å². The Morgan fingerprint density at radius 1 is 1.06 bits per heavy atom. The van der Waals surface area contributed by atoms with E-state index in [1.807, 2.05) is 29.3 Å². The van der Waals surface area contributed by atoms with Crippen LogP contribution in [0.5, 0.6) is 0 Å². The molecule has 3 heterocycles. The molecule has 1 unspecified atom stereocenters. The van der Waals surface area contributed by atoms with E-state index in [0.29, 0.717) is 12.6 Å². The van der Waals surface area contributed by atoms with Crippen LogP contribution in [0, 0.1) is 5.92 Å². The number of nitrogens with zero attached hydrogens (tertiary/aromatic N) is 4. The first-order valence-electron chi connectivity index (χ1n) is 11.8. The van der Waals surface area contributed by atoms with Gasteiger partial charge in [0.2, 0.25) is 0 Å². The number of benzene rings is 2. The van der Waals surface area contributed by atoms with Crippen molar-refractivity contribution in [1.82, 2.24) is 14.7 Å². The van der Waals surface area contributed by atoms with Crippen LogP contribution in [0.3, 0.4) is 0 Å². The van der Waals surface area contributed by atoms with Crippen LogP contribution in [-0.4, -0.2) is 39.7 Å². The Kier molecular flexibility index (Phi) is 4.60. The van der Waals surface area contributed by atoms with Crippen molar-refractivity contribution in [2.75, 3.05) is 18.0 Å². The SMILES string of the molecule is CC(C1CCC1)N1CCC(n2cc(CN3C(=O)c4cccc5cccc3c45)cn2)CC1. The minimum absolute atomic E-state index is 0.0952. The Bertz CT molecular complexity index is 1120. The highest BCUT2D eigenvalue weighted by Gasteiger charge is 2.32. The number of hydrogen-bond donors (Lipinski definition) is 0. The van der Waals surface area contributed by atoms with Gasteiger partial charge < -0.3 is 9.80 Å². The highest BCUT2D eigenvalue weighted by atomic mass is 16.2. The fourth-order valence-electron chi connectivity index (χ4n) is 5.76. The predicted octanol–water partition coefficient (Wildman–Crippen LogP) is 5.02. The van der Waals surface area contributed by atoms with Crippen LogP contribution >= 0.6 is 0 Å². The summed E-state index contributed by atoms with van der Waals surface area (Å²) in [4.78, 5) is 17.7. The van der Waals surface area contributed by atoms with E-state index < -0.39 is 0 Å². The van der Waals surface area contributed by atoms with Gasteiger partial charge in [0.1, 0.15) is 0 Å². The third-order valence-electron chi connectivity index (χ3n) is 7.93. The normalized spacial score (nSPS) is 21.1. The zero-order valence-electron chi connectivity index (χ0n) is 18.2. The minimum Gasteiger partial charge on any atom is -0.303 e. The van der Waals surface area contributed by atoms with E-state index in [0.717, 1.165) is 52.4 Å². The zero-order chi connectivity index (χ0) is 20.9. The molecule has 1 saturated carbocycles. The molecule has 1 amide bonds. The lowest BCUT2D eigenvalue weighted by atomic mass is 9.79. The molecule has 3 aliphatic rings. The Morgan fingerprint density at radius 3 is 2.58 bits per heavy atom. The number of aromatic nitrogens is 2. The van der Waals surface area contributed by atoms with Crippen LogP contribution in [-0.2, 0) is 6.54 Å². The largest absolute Gasteiger partial charge is 0.303 e. The maximum atomic E-state index is 13.1. The maximum Gasteiger partial charge on any atom is 0.259 e. The van der Waals surface area contributed by atoms with E-state index in [2.05, 4.69) is 40.9 Å². The number of hydrogen-bond acceptors (Lipinski definition) is 3. The number of likely N-dealkylation sites (tertiary alicyclic amines) is 1. The van der Waals surface area contributed by atoms with Crippen molar-refractivity contribution in [1.29, 1.82) is 0 Å². The molecule has 5 heteroatoms. The van der Waals surface area contributed by atoms with Gasteiger partial charge >= 0.3 is 0 Å². The molecule has 0 N–H and O–H groups in total. The summed E-state index contributed by atoms with van der Waals surface area (Å²) < 4.78 is 2.15. The summed E-state index contributed by atoms with van der Waals surface area (Å²) in [6, 6.07) is 13.4. The lowest BCUT2D eigenvalue weighted by Gasteiger charge is -2.42. The first kappa shape index (κ1) is 19.1. The molecule has 0 bridgehead atoms. The summed E-state index contributed by atoms with van der Waals surface area (Å²) in [6.07, 6.45) is 10.7. The van der Waals surface area contributed by atoms with Crippen LogP contribution in [0.4, 0.5) is 5.69 Å². The van der Waals surface area contributed by atoms with Crippen LogP contribution in [0.15, 0.2) is 48.8 Å². The lowest BCUT2D eigenvalue weighted by Crippen LogP contribution is -2.45. The molecule has 5 nitrogen and oxygen atoms in total. The zero-order valence-corrected chi connectivity index (χ0v) is 18.2. The van der Waals surface area contributed by atoms with Crippen LogP contribution < -0.4 is 4.90 Å². The van der Waals surface area contributed by atoms with Gasteiger partial charge in [0.15, 0.2) is 0 Å². The van der Waals surface area contributed by atoms with E-state index in [9.17, 15) is 4.79 Å². The molecule has 0 radical (unpaired) electrons. The number of amides is 1. The lowest BCUT2D eigenvalue weighted by molar-refractivity contribution is 0.0736. The third-order valence-corrected chi connectivity index (χ3v) is 7.93. The molecule has 1 saturated heterocycles. The molecule has 1 aliphatic carbocycles. The van der Waals surface area contributed by atoms with E-state index >= 15 is 0 Å². The number of carbonyl (C=O) groups is 1. The summed E-state index contributed by atoms with van der Waals surface area (Å²) in [6.45, 7) is 5.32. The third kappa shape index (κ3) is 3.18. The molecule has 3 aromatic rings. The Labute approximate surface area is 183 Å². The number of rotatable bonds is 5. The maximum absolute atomic E-state index is 13.1. The molecule has 1 atom stereocenters. The second-order valence-corrected chi connectivity index (χ2v) is 9.60. The van der Waals surface area contributed by atoms with Gasteiger partial charge in [-0.25, -0.2) is 0 Å². The first-order chi connectivity index (χ1) is 15.2. The number of piperidine rings is 1. The van der Waals surface area contributed by atoms with Gasteiger partial charge in [0, 0.05) is 41.8 Å². The average molecular weight is 415 g/mol. The molecule has 2 aromatic carbocycles. The monoisotopic (exact) mass is 414 g/mol. The van der Waals surface area contributed by atoms with Crippen molar-refractivity contribution in [3.05, 3.63) is 59.9 Å². The van der Waals surface area contributed by atoms with E-state index in [1.165, 1.54) is 32.4 Å². The number of carbonyl (C=O) groups excluding carboxylic acids is 1. The molecule has 1 aromatic heterocycles. The highest BCUT2D eigenvalue weighted by molar-refractivity contribution is 6.24. The molecule has 160 valence electrons. The second-order valence-electron chi connectivity index (χ2n) is 9.60. The van der Waals surface area contributed by atoms with Gasteiger partial charge in [-0.15, -0.1) is 0 Å². The van der Waals surface area contributed by atoms with Gasteiger partial charge in [0.05, 0.1) is 24.5 Å². The Balaban J connectivity index is 1.15. The standard InChI is InChI=1S/C26H30N4O/c1-18(20-5-2-6-20)28-13-11-22(12-14-28)30-17-19(15-27-30)16-29-24-10-4-8-21-7-3-9-23(25(21)24)26(29)31/h3-4,7-10,15,17-18,20,22H,2,5-6,11-14,16H2,1H3. The van der Waals surface area contributed by atoms with Crippen molar-refractivity contribution >= 4 is 22.4 Å². The second kappa shape index (κ2) is 7.49. The molecule has 2 fully saturated rings. The van der Waals surface area contributed by atoms with Gasteiger partial charge in [-0.3, -0.25) is 9.48 Å². The van der Waals surface area contributed by atoms with Crippen molar-refractivity contribution in [2.45, 2.75) is 57.7 Å². The summed E-state index contributed by atoms with van der Waals surface area (Å²) in [7, 11) is 0. The van der Waals surface area contributed by atoms with Crippen molar-refractivity contribution in [2.24, 2.45) is 5.92 Å². The molecule has 0 spiro atoms. The minimum atomic E-state index is 0.0952. The van der Waals surface area contributed by atoms with Crippen molar-refractivity contribution in [3.63, 3.8) is 0 Å². The average Bonchev–Trinajstić information content (AvgIpc) is 3.33. The molecule has 31 heavy (non-hydrogen) atoms. The van der Waals surface area contributed by atoms with E-state index in [-0.39, 0.29) is 5.91 Å². The number of anilines is 1. The highest BCUT2D eigenvalue weighted by Crippen LogP contribution is 2.38. The van der Waals surface area contributed by atoms with Crippen LogP contribution in [0.25, 0.3) is 10.8 Å².